The fraction of sp³-hybridized carbons (Fsp3) is 0.423. The number of hydrogen-bond acceptors (Lipinski definition) is 7. The van der Waals surface area contributed by atoms with E-state index < -0.39 is 18.0 Å². The van der Waals surface area contributed by atoms with E-state index in [-0.39, 0.29) is 28.8 Å². The van der Waals surface area contributed by atoms with Crippen LogP contribution in [0.15, 0.2) is 60.0 Å². The van der Waals surface area contributed by atoms with Crippen molar-refractivity contribution in [2.75, 3.05) is 25.7 Å². The monoisotopic (exact) mass is 484 g/mol. The SMILES string of the molecule is COC(=O)C1=C(C(=O)OC)N(c2cccc(OC3CCN(C(=O)O)C(C(C)(C)C)C3)c2)C=CC=C1. The minimum absolute atomic E-state index is 0.0177. The van der Waals surface area contributed by atoms with Gasteiger partial charge in [0.2, 0.25) is 0 Å². The number of rotatable bonds is 5. The Bertz CT molecular complexity index is 1070. The van der Waals surface area contributed by atoms with Gasteiger partial charge in [-0.15, -0.1) is 0 Å². The summed E-state index contributed by atoms with van der Waals surface area (Å²) in [7, 11) is 2.49. The first-order valence-corrected chi connectivity index (χ1v) is 11.4. The molecule has 1 aromatic rings. The molecule has 188 valence electrons. The molecule has 0 saturated carbocycles. The average Bonchev–Trinajstić information content (AvgIpc) is 3.05. The molecule has 9 heteroatoms. The molecular formula is C26H32N2O7. The first-order chi connectivity index (χ1) is 16.6. The lowest BCUT2D eigenvalue weighted by atomic mass is 9.80. The minimum atomic E-state index is -0.921. The zero-order valence-corrected chi connectivity index (χ0v) is 20.7. The van der Waals surface area contributed by atoms with Gasteiger partial charge in [-0.05, 0) is 29.7 Å². The van der Waals surface area contributed by atoms with Crippen LogP contribution in [0.4, 0.5) is 10.5 Å². The molecule has 0 spiro atoms. The van der Waals surface area contributed by atoms with Crippen LogP contribution in [0.1, 0.15) is 33.6 Å². The first-order valence-electron chi connectivity index (χ1n) is 11.4. The Hall–Kier alpha value is -3.75. The van der Waals surface area contributed by atoms with Crippen molar-refractivity contribution >= 4 is 23.7 Å². The summed E-state index contributed by atoms with van der Waals surface area (Å²) < 4.78 is 16.1. The van der Waals surface area contributed by atoms with Crippen molar-refractivity contribution in [1.82, 2.24) is 4.90 Å². The van der Waals surface area contributed by atoms with E-state index in [2.05, 4.69) is 0 Å². The van der Waals surface area contributed by atoms with Gasteiger partial charge in [0.15, 0.2) is 0 Å². The van der Waals surface area contributed by atoms with Crippen molar-refractivity contribution in [1.29, 1.82) is 0 Å². The molecule has 0 radical (unpaired) electrons. The second kappa shape index (κ2) is 10.7. The normalized spacial score (nSPS) is 20.4. The van der Waals surface area contributed by atoms with Gasteiger partial charge in [0.25, 0.3) is 0 Å². The van der Waals surface area contributed by atoms with Gasteiger partial charge in [-0.3, -0.25) is 0 Å². The van der Waals surface area contributed by atoms with Crippen LogP contribution in [-0.2, 0) is 19.1 Å². The van der Waals surface area contributed by atoms with Crippen LogP contribution in [0.25, 0.3) is 0 Å². The number of amides is 1. The number of allylic oxidation sites excluding steroid dienone is 2. The van der Waals surface area contributed by atoms with Gasteiger partial charge in [-0.2, -0.15) is 0 Å². The summed E-state index contributed by atoms with van der Waals surface area (Å²) in [5.41, 5.74) is 0.421. The van der Waals surface area contributed by atoms with Crippen molar-refractivity contribution in [3.05, 3.63) is 60.0 Å². The number of likely N-dealkylation sites (tertiary alicyclic amines) is 1. The summed E-state index contributed by atoms with van der Waals surface area (Å²) >= 11 is 0. The van der Waals surface area contributed by atoms with Gasteiger partial charge in [0, 0.05) is 43.4 Å². The molecule has 2 atom stereocenters. The number of carbonyl (C=O) groups excluding carboxylic acids is 2. The Kier molecular flexibility index (Phi) is 7.89. The van der Waals surface area contributed by atoms with Gasteiger partial charge < -0.3 is 29.1 Å². The average molecular weight is 485 g/mol. The topological polar surface area (TPSA) is 106 Å². The lowest BCUT2D eigenvalue weighted by Crippen LogP contribution is -2.53. The lowest BCUT2D eigenvalue weighted by molar-refractivity contribution is -0.139. The van der Waals surface area contributed by atoms with E-state index in [1.54, 1.807) is 41.5 Å². The van der Waals surface area contributed by atoms with Crippen LogP contribution in [0.2, 0.25) is 0 Å². The van der Waals surface area contributed by atoms with Crippen molar-refractivity contribution in [3.8, 4) is 5.75 Å². The zero-order valence-electron chi connectivity index (χ0n) is 20.7. The molecule has 0 bridgehead atoms. The number of ether oxygens (including phenoxy) is 3. The van der Waals surface area contributed by atoms with Crippen LogP contribution in [-0.4, -0.2) is 60.9 Å². The van der Waals surface area contributed by atoms with E-state index in [1.807, 2.05) is 26.8 Å². The van der Waals surface area contributed by atoms with Crippen LogP contribution < -0.4 is 9.64 Å². The molecule has 1 amide bonds. The maximum absolute atomic E-state index is 12.7. The Morgan fingerprint density at radius 2 is 1.77 bits per heavy atom. The number of esters is 2. The number of anilines is 1. The molecule has 2 aliphatic rings. The van der Waals surface area contributed by atoms with Crippen LogP contribution >= 0.6 is 0 Å². The number of piperidine rings is 1. The molecule has 2 unspecified atom stereocenters. The van der Waals surface area contributed by atoms with Gasteiger partial charge in [0.1, 0.15) is 17.6 Å². The predicted octanol–water partition coefficient (Wildman–Crippen LogP) is 4.11. The molecule has 2 heterocycles. The number of carboxylic acid groups (broad SMARTS) is 1. The Morgan fingerprint density at radius 3 is 2.40 bits per heavy atom. The Morgan fingerprint density at radius 1 is 1.06 bits per heavy atom. The summed E-state index contributed by atoms with van der Waals surface area (Å²) in [4.78, 5) is 39.8. The fourth-order valence-corrected chi connectivity index (χ4v) is 4.35. The molecule has 1 aromatic carbocycles. The molecule has 2 aliphatic heterocycles. The highest BCUT2D eigenvalue weighted by molar-refractivity contribution is 6.05. The highest BCUT2D eigenvalue weighted by Gasteiger charge is 2.39. The standard InChI is InChI=1S/C26H32N2O7/c1-26(2,3)21-16-19(12-14-28(21)25(31)32)35-18-10-8-9-17(15-18)27-13-7-6-11-20(23(29)33-4)22(27)24(30)34-5/h6-11,13,15,19,21H,12,14,16H2,1-5H3,(H,31,32). The number of carbonyl (C=O) groups is 3. The third-order valence-corrected chi connectivity index (χ3v) is 6.09. The molecule has 35 heavy (non-hydrogen) atoms. The number of hydrogen-bond donors (Lipinski definition) is 1. The fourth-order valence-electron chi connectivity index (χ4n) is 4.35. The Labute approximate surface area is 205 Å². The summed E-state index contributed by atoms with van der Waals surface area (Å²) in [5.74, 6) is -0.790. The van der Waals surface area contributed by atoms with Crippen molar-refractivity contribution < 1.29 is 33.7 Å². The molecule has 1 fully saturated rings. The predicted molar refractivity (Wildman–Crippen MR) is 130 cm³/mol. The van der Waals surface area contributed by atoms with E-state index >= 15 is 0 Å². The molecule has 0 aromatic heterocycles. The first kappa shape index (κ1) is 25.9. The van der Waals surface area contributed by atoms with E-state index in [1.165, 1.54) is 25.2 Å². The van der Waals surface area contributed by atoms with Crippen molar-refractivity contribution in [2.45, 2.75) is 45.8 Å². The maximum Gasteiger partial charge on any atom is 0.407 e. The van der Waals surface area contributed by atoms with Crippen LogP contribution in [0.3, 0.4) is 0 Å². The third-order valence-electron chi connectivity index (χ3n) is 6.09. The highest BCUT2D eigenvalue weighted by atomic mass is 16.5. The van der Waals surface area contributed by atoms with E-state index in [9.17, 15) is 19.5 Å². The number of benzene rings is 1. The summed E-state index contributed by atoms with van der Waals surface area (Å²) in [6, 6.07) is 6.96. The van der Waals surface area contributed by atoms with Crippen molar-refractivity contribution in [2.24, 2.45) is 5.41 Å². The minimum Gasteiger partial charge on any atom is -0.490 e. The van der Waals surface area contributed by atoms with E-state index in [0.717, 1.165) is 0 Å². The number of nitrogens with zero attached hydrogens (tertiary/aromatic N) is 2. The summed E-state index contributed by atoms with van der Waals surface area (Å²) in [6.45, 7) is 6.46. The van der Waals surface area contributed by atoms with Gasteiger partial charge in [-0.1, -0.05) is 32.9 Å². The van der Waals surface area contributed by atoms with Gasteiger partial charge in [-0.25, -0.2) is 14.4 Å². The summed E-state index contributed by atoms with van der Waals surface area (Å²) in [6.07, 6.45) is 6.52. The molecule has 3 rings (SSSR count). The van der Waals surface area contributed by atoms with E-state index in [0.29, 0.717) is 30.8 Å². The van der Waals surface area contributed by atoms with Crippen LogP contribution in [0, 0.1) is 5.41 Å². The maximum atomic E-state index is 12.7. The third kappa shape index (κ3) is 5.85. The quantitative estimate of drug-likeness (QED) is 0.623. The largest absolute Gasteiger partial charge is 0.490 e. The molecule has 1 N–H and O–H groups in total. The van der Waals surface area contributed by atoms with Gasteiger partial charge >= 0.3 is 18.0 Å². The summed E-state index contributed by atoms with van der Waals surface area (Å²) in [5, 5.41) is 9.61. The Balaban J connectivity index is 1.90. The smallest absolute Gasteiger partial charge is 0.407 e. The molecule has 9 nitrogen and oxygen atoms in total. The second-order valence-corrected chi connectivity index (χ2v) is 9.44. The molecule has 0 aliphatic carbocycles. The molecular weight excluding hydrogens is 452 g/mol. The molecule has 1 saturated heterocycles. The van der Waals surface area contributed by atoms with Crippen LogP contribution in [0.5, 0.6) is 5.75 Å². The lowest BCUT2D eigenvalue weighted by Gasteiger charge is -2.44. The highest BCUT2D eigenvalue weighted by Crippen LogP contribution is 2.35. The number of methoxy groups -OCH3 is 2. The second-order valence-electron chi connectivity index (χ2n) is 9.44. The zero-order chi connectivity index (χ0) is 25.8. The van der Waals surface area contributed by atoms with Crippen molar-refractivity contribution in [3.63, 3.8) is 0 Å². The van der Waals surface area contributed by atoms with E-state index in [4.69, 9.17) is 14.2 Å². The van der Waals surface area contributed by atoms with Gasteiger partial charge in [0.05, 0.1) is 19.8 Å².